The molecule has 2 aromatic heterocycles. The highest BCUT2D eigenvalue weighted by atomic mass is 32.2. The van der Waals surface area contributed by atoms with Gasteiger partial charge in [0.2, 0.25) is 5.95 Å². The van der Waals surface area contributed by atoms with Crippen molar-refractivity contribution >= 4 is 29.0 Å². The molecule has 78 valence electrons. The van der Waals surface area contributed by atoms with Crippen LogP contribution in [0, 0.1) is 0 Å². The molecule has 0 aromatic carbocycles. The summed E-state index contributed by atoms with van der Waals surface area (Å²) in [6.07, 6.45) is 1.17. The smallest absolute Gasteiger partial charge is 0.239 e. The molecule has 2 aromatic rings. The van der Waals surface area contributed by atoms with E-state index in [1.54, 1.807) is 11.3 Å². The SMILES string of the molecule is Nc1n[nH]c(-c2cc3c(s2)CCSC3)n1. The lowest BCUT2D eigenvalue weighted by Crippen LogP contribution is -1.96. The van der Waals surface area contributed by atoms with E-state index in [0.29, 0.717) is 5.95 Å². The summed E-state index contributed by atoms with van der Waals surface area (Å²) in [5, 5.41) is 6.69. The van der Waals surface area contributed by atoms with Crippen LogP contribution in [0.3, 0.4) is 0 Å². The van der Waals surface area contributed by atoms with Crippen LogP contribution in [-0.2, 0) is 12.2 Å². The molecule has 3 N–H and O–H groups in total. The van der Waals surface area contributed by atoms with Crippen LogP contribution in [-0.4, -0.2) is 20.9 Å². The molecule has 15 heavy (non-hydrogen) atoms. The Labute approximate surface area is 95.3 Å². The molecule has 1 aliphatic rings. The van der Waals surface area contributed by atoms with Gasteiger partial charge in [-0.05, 0) is 23.8 Å². The van der Waals surface area contributed by atoms with Crippen molar-refractivity contribution in [1.82, 2.24) is 15.2 Å². The number of hydrogen-bond donors (Lipinski definition) is 2. The second kappa shape index (κ2) is 3.53. The highest BCUT2D eigenvalue weighted by molar-refractivity contribution is 7.98. The van der Waals surface area contributed by atoms with Crippen molar-refractivity contribution in [3.05, 3.63) is 16.5 Å². The molecule has 0 unspecified atom stereocenters. The minimum atomic E-state index is 0.311. The van der Waals surface area contributed by atoms with Gasteiger partial charge in [-0.25, -0.2) is 0 Å². The topological polar surface area (TPSA) is 67.6 Å². The van der Waals surface area contributed by atoms with Gasteiger partial charge in [0.25, 0.3) is 0 Å². The molecular weight excluding hydrogens is 228 g/mol. The number of aromatic amines is 1. The molecule has 0 radical (unpaired) electrons. The maximum absolute atomic E-state index is 5.49. The lowest BCUT2D eigenvalue weighted by atomic mass is 10.2. The average molecular weight is 238 g/mol. The summed E-state index contributed by atoms with van der Waals surface area (Å²) in [4.78, 5) is 6.77. The van der Waals surface area contributed by atoms with Gasteiger partial charge < -0.3 is 5.73 Å². The monoisotopic (exact) mass is 238 g/mol. The van der Waals surface area contributed by atoms with Gasteiger partial charge in [0.15, 0.2) is 5.82 Å². The highest BCUT2D eigenvalue weighted by Gasteiger charge is 2.15. The van der Waals surface area contributed by atoms with Crippen LogP contribution in [0.4, 0.5) is 5.95 Å². The van der Waals surface area contributed by atoms with E-state index >= 15 is 0 Å². The van der Waals surface area contributed by atoms with Gasteiger partial charge in [0.1, 0.15) is 0 Å². The molecule has 3 heterocycles. The zero-order valence-corrected chi connectivity index (χ0v) is 9.62. The summed E-state index contributed by atoms with van der Waals surface area (Å²) in [5.74, 6) is 3.45. The zero-order valence-electron chi connectivity index (χ0n) is 7.99. The number of aromatic nitrogens is 3. The molecule has 0 saturated heterocycles. The van der Waals surface area contributed by atoms with Crippen molar-refractivity contribution in [1.29, 1.82) is 0 Å². The van der Waals surface area contributed by atoms with Gasteiger partial charge in [-0.3, -0.25) is 5.10 Å². The first-order valence-electron chi connectivity index (χ1n) is 4.70. The lowest BCUT2D eigenvalue weighted by Gasteiger charge is -2.08. The fourth-order valence-corrected chi connectivity index (χ4v) is 3.96. The predicted molar refractivity (Wildman–Crippen MR) is 64.0 cm³/mol. The van der Waals surface area contributed by atoms with Gasteiger partial charge in [-0.1, -0.05) is 0 Å². The van der Waals surface area contributed by atoms with E-state index in [0.717, 1.165) is 16.5 Å². The van der Waals surface area contributed by atoms with Crippen molar-refractivity contribution in [2.75, 3.05) is 11.5 Å². The fourth-order valence-electron chi connectivity index (χ4n) is 1.65. The van der Waals surface area contributed by atoms with E-state index in [-0.39, 0.29) is 0 Å². The number of nitrogen functional groups attached to an aromatic ring is 1. The number of aryl methyl sites for hydroxylation is 1. The minimum Gasteiger partial charge on any atom is -0.366 e. The van der Waals surface area contributed by atoms with Crippen molar-refractivity contribution in [2.24, 2.45) is 0 Å². The number of nitrogens with one attached hydrogen (secondary N) is 1. The number of nitrogens with zero attached hydrogens (tertiary/aromatic N) is 2. The molecule has 6 heteroatoms. The first kappa shape index (κ1) is 9.23. The van der Waals surface area contributed by atoms with E-state index in [9.17, 15) is 0 Å². The maximum Gasteiger partial charge on any atom is 0.239 e. The first-order valence-corrected chi connectivity index (χ1v) is 6.67. The summed E-state index contributed by atoms with van der Waals surface area (Å²) in [6, 6.07) is 2.20. The lowest BCUT2D eigenvalue weighted by molar-refractivity contribution is 1.10. The second-order valence-corrected chi connectivity index (χ2v) is 5.65. The molecule has 0 amide bonds. The van der Waals surface area contributed by atoms with Crippen molar-refractivity contribution in [2.45, 2.75) is 12.2 Å². The number of anilines is 1. The van der Waals surface area contributed by atoms with Gasteiger partial charge in [0.05, 0.1) is 4.88 Å². The third kappa shape index (κ3) is 1.63. The van der Waals surface area contributed by atoms with Gasteiger partial charge >= 0.3 is 0 Å². The Balaban J connectivity index is 2.02. The number of nitrogens with two attached hydrogens (primary N) is 1. The van der Waals surface area contributed by atoms with Gasteiger partial charge in [-0.2, -0.15) is 16.7 Å². The summed E-state index contributed by atoms with van der Waals surface area (Å²) in [5.41, 5.74) is 6.93. The quantitative estimate of drug-likeness (QED) is 0.796. The number of H-pyrrole nitrogens is 1. The summed E-state index contributed by atoms with van der Waals surface area (Å²) < 4.78 is 0. The zero-order chi connectivity index (χ0) is 10.3. The fraction of sp³-hybridized carbons (Fsp3) is 0.333. The van der Waals surface area contributed by atoms with Crippen LogP contribution < -0.4 is 5.73 Å². The van der Waals surface area contributed by atoms with Crippen LogP contribution >= 0.6 is 23.1 Å². The second-order valence-electron chi connectivity index (χ2n) is 3.40. The highest BCUT2D eigenvalue weighted by Crippen LogP contribution is 2.35. The molecule has 1 aliphatic heterocycles. The Bertz CT molecular complexity index is 465. The third-order valence-electron chi connectivity index (χ3n) is 2.36. The van der Waals surface area contributed by atoms with E-state index in [2.05, 4.69) is 21.2 Å². The van der Waals surface area contributed by atoms with E-state index in [1.165, 1.54) is 22.6 Å². The number of thioether (sulfide) groups is 1. The van der Waals surface area contributed by atoms with Crippen LogP contribution in [0.1, 0.15) is 10.4 Å². The molecule has 0 fully saturated rings. The third-order valence-corrected chi connectivity index (χ3v) is 4.62. The van der Waals surface area contributed by atoms with Crippen LogP contribution in [0.25, 0.3) is 10.7 Å². The molecule has 4 nitrogen and oxygen atoms in total. The molecule has 0 saturated carbocycles. The summed E-state index contributed by atoms with van der Waals surface area (Å²) in [6.45, 7) is 0. The van der Waals surface area contributed by atoms with Crippen LogP contribution in [0.5, 0.6) is 0 Å². The number of rotatable bonds is 1. The number of thiophene rings is 1. The standard InChI is InChI=1S/C9H10N4S2/c10-9-11-8(12-13-9)7-3-5-4-14-2-1-6(5)15-7/h3H,1-2,4H2,(H3,10,11,12,13). The molecule has 0 spiro atoms. The van der Waals surface area contributed by atoms with E-state index in [1.807, 2.05) is 11.8 Å². The van der Waals surface area contributed by atoms with Crippen molar-refractivity contribution in [3.63, 3.8) is 0 Å². The Kier molecular flexibility index (Phi) is 2.17. The first-order chi connectivity index (χ1) is 7.33. The largest absolute Gasteiger partial charge is 0.366 e. The van der Waals surface area contributed by atoms with Crippen molar-refractivity contribution in [3.8, 4) is 10.7 Å². The van der Waals surface area contributed by atoms with Gasteiger partial charge in [-0.15, -0.1) is 16.4 Å². The molecule has 0 aliphatic carbocycles. The van der Waals surface area contributed by atoms with E-state index in [4.69, 9.17) is 5.73 Å². The van der Waals surface area contributed by atoms with Crippen molar-refractivity contribution < 1.29 is 0 Å². The summed E-state index contributed by atoms with van der Waals surface area (Å²) >= 11 is 3.79. The van der Waals surface area contributed by atoms with Gasteiger partial charge in [0, 0.05) is 10.6 Å². The Morgan fingerprint density at radius 1 is 1.47 bits per heavy atom. The average Bonchev–Trinajstić information content (AvgIpc) is 2.82. The normalized spacial score (nSPS) is 15.2. The Morgan fingerprint density at radius 2 is 2.40 bits per heavy atom. The number of hydrogen-bond acceptors (Lipinski definition) is 5. The minimum absolute atomic E-state index is 0.311. The summed E-state index contributed by atoms with van der Waals surface area (Å²) in [7, 11) is 0. The predicted octanol–water partition coefficient (Wildman–Crippen LogP) is 1.90. The molecule has 0 atom stereocenters. The Morgan fingerprint density at radius 3 is 3.13 bits per heavy atom. The van der Waals surface area contributed by atoms with Crippen LogP contribution in [0.15, 0.2) is 6.07 Å². The molecule has 3 rings (SSSR count). The molecular formula is C9H10N4S2. The van der Waals surface area contributed by atoms with E-state index < -0.39 is 0 Å². The molecule has 0 bridgehead atoms. The Hall–Kier alpha value is -1.01. The maximum atomic E-state index is 5.49. The van der Waals surface area contributed by atoms with Crippen LogP contribution in [0.2, 0.25) is 0 Å². The number of fused-ring (bicyclic) bond motifs is 1.